The van der Waals surface area contributed by atoms with Crippen molar-refractivity contribution in [2.24, 2.45) is 0 Å². The zero-order chi connectivity index (χ0) is 23.3. The van der Waals surface area contributed by atoms with Gasteiger partial charge in [-0.3, -0.25) is 19.7 Å². The standard InChI is InChI=1S/C24H37N3O4/c1-5-6-16-27(17-12-15-21(28)29)23(31)20(26-24(2,3)4)18-25-22(30)19-13-10-8-7-9-11-14-19/h7-11,13-14,20,26H,5-6,12,15-18H2,1-4H3,(H,25,30)(H,28,29)/b8-7-,9-7?,10-8?,11-9-,13-10-,14-11?,19-13?,19-14+. The molecule has 2 amide bonds. The number of hydrogen-bond donors (Lipinski definition) is 3. The van der Waals surface area contributed by atoms with E-state index in [0.717, 1.165) is 12.8 Å². The van der Waals surface area contributed by atoms with Crippen molar-refractivity contribution in [3.63, 3.8) is 0 Å². The van der Waals surface area contributed by atoms with E-state index in [1.165, 1.54) is 0 Å². The van der Waals surface area contributed by atoms with E-state index < -0.39 is 12.0 Å². The number of amides is 2. The van der Waals surface area contributed by atoms with Crippen LogP contribution in [0.2, 0.25) is 0 Å². The van der Waals surface area contributed by atoms with E-state index >= 15 is 0 Å². The molecule has 0 heterocycles. The summed E-state index contributed by atoms with van der Waals surface area (Å²) < 4.78 is 0. The fourth-order valence-electron chi connectivity index (χ4n) is 3.06. The second-order valence-corrected chi connectivity index (χ2v) is 8.58. The van der Waals surface area contributed by atoms with Gasteiger partial charge in [-0.2, -0.15) is 0 Å². The number of nitrogens with zero attached hydrogens (tertiary/aromatic N) is 1. The third-order valence-electron chi connectivity index (χ3n) is 4.54. The smallest absolute Gasteiger partial charge is 0.303 e. The number of allylic oxidation sites excluding steroid dienone is 6. The highest BCUT2D eigenvalue weighted by atomic mass is 16.4. The van der Waals surface area contributed by atoms with Crippen LogP contribution in [-0.2, 0) is 14.4 Å². The fourth-order valence-corrected chi connectivity index (χ4v) is 3.06. The van der Waals surface area contributed by atoms with Gasteiger partial charge in [-0.1, -0.05) is 43.7 Å². The van der Waals surface area contributed by atoms with Crippen molar-refractivity contribution in [2.75, 3.05) is 19.6 Å². The van der Waals surface area contributed by atoms with E-state index in [1.807, 2.05) is 45.9 Å². The summed E-state index contributed by atoms with van der Waals surface area (Å²) in [5.74, 6) is -1.25. The molecule has 31 heavy (non-hydrogen) atoms. The molecule has 1 rings (SSSR count). The van der Waals surface area contributed by atoms with Gasteiger partial charge in [-0.05, 0) is 45.8 Å². The minimum absolute atomic E-state index is 0.0203. The first-order valence-corrected chi connectivity index (χ1v) is 10.9. The van der Waals surface area contributed by atoms with Gasteiger partial charge in [0.1, 0.15) is 6.04 Å². The molecular formula is C24H37N3O4. The second kappa shape index (κ2) is 13.6. The lowest BCUT2D eigenvalue weighted by Gasteiger charge is -2.32. The van der Waals surface area contributed by atoms with Crippen molar-refractivity contribution in [1.29, 1.82) is 0 Å². The highest BCUT2D eigenvalue weighted by molar-refractivity contribution is 5.97. The maximum atomic E-state index is 13.3. The lowest BCUT2D eigenvalue weighted by atomic mass is 10.1. The summed E-state index contributed by atoms with van der Waals surface area (Å²) >= 11 is 0. The zero-order valence-corrected chi connectivity index (χ0v) is 19.2. The Bertz CT molecular complexity index is 730. The molecule has 0 saturated heterocycles. The number of unbranched alkanes of at least 4 members (excludes halogenated alkanes) is 1. The fraction of sp³-hybridized carbons (Fsp3) is 0.542. The van der Waals surface area contributed by atoms with Crippen LogP contribution in [0.3, 0.4) is 0 Å². The molecule has 0 aliphatic heterocycles. The second-order valence-electron chi connectivity index (χ2n) is 8.58. The summed E-state index contributed by atoms with van der Waals surface area (Å²) in [5.41, 5.74) is 0.169. The lowest BCUT2D eigenvalue weighted by Crippen LogP contribution is -2.57. The van der Waals surface area contributed by atoms with Gasteiger partial charge in [-0.15, -0.1) is 0 Å². The van der Waals surface area contributed by atoms with E-state index in [2.05, 4.69) is 10.6 Å². The summed E-state index contributed by atoms with van der Waals surface area (Å²) in [6.45, 7) is 9.03. The highest BCUT2D eigenvalue weighted by Crippen LogP contribution is 2.08. The highest BCUT2D eigenvalue weighted by Gasteiger charge is 2.28. The molecule has 7 heteroatoms. The Labute approximate surface area is 186 Å². The Kier molecular flexibility index (Phi) is 11.6. The summed E-state index contributed by atoms with van der Waals surface area (Å²) in [6.07, 6.45) is 14.8. The normalized spacial score (nSPS) is 19.2. The molecule has 7 nitrogen and oxygen atoms in total. The van der Waals surface area contributed by atoms with Crippen molar-refractivity contribution in [1.82, 2.24) is 15.5 Å². The predicted octanol–water partition coefficient (Wildman–Crippen LogP) is 2.96. The van der Waals surface area contributed by atoms with E-state index in [9.17, 15) is 14.4 Å². The monoisotopic (exact) mass is 431 g/mol. The molecule has 1 unspecified atom stereocenters. The van der Waals surface area contributed by atoms with E-state index in [4.69, 9.17) is 5.11 Å². The lowest BCUT2D eigenvalue weighted by molar-refractivity contribution is -0.138. The largest absolute Gasteiger partial charge is 0.481 e. The number of nitrogens with one attached hydrogen (secondary N) is 2. The SMILES string of the molecule is CCCCN(CCCC(=O)O)C(=O)C(CNC(=O)C1=C/C=C\C=C/C=C\1)NC(C)(C)C. The average Bonchev–Trinajstić information content (AvgIpc) is 2.65. The molecule has 0 radical (unpaired) electrons. The molecule has 0 bridgehead atoms. The third kappa shape index (κ3) is 11.3. The van der Waals surface area contributed by atoms with Gasteiger partial charge in [0, 0.05) is 37.2 Å². The first-order chi connectivity index (χ1) is 14.6. The van der Waals surface area contributed by atoms with Crippen molar-refractivity contribution in [3.05, 3.63) is 48.1 Å². The minimum Gasteiger partial charge on any atom is -0.481 e. The molecule has 172 valence electrons. The first kappa shape index (κ1) is 26.4. The molecule has 1 aliphatic carbocycles. The summed E-state index contributed by atoms with van der Waals surface area (Å²) in [6, 6.07) is -0.612. The molecule has 0 saturated carbocycles. The van der Waals surface area contributed by atoms with Crippen molar-refractivity contribution < 1.29 is 19.5 Å². The number of carbonyl (C=O) groups is 3. The molecule has 1 atom stereocenters. The molecule has 0 aromatic rings. The van der Waals surface area contributed by atoms with Crippen LogP contribution in [0, 0.1) is 0 Å². The number of carboxylic acid groups (broad SMARTS) is 1. The zero-order valence-electron chi connectivity index (χ0n) is 19.2. The maximum absolute atomic E-state index is 13.3. The number of aliphatic carboxylic acids is 1. The predicted molar refractivity (Wildman–Crippen MR) is 124 cm³/mol. The van der Waals surface area contributed by atoms with Gasteiger partial charge in [0.2, 0.25) is 5.91 Å². The maximum Gasteiger partial charge on any atom is 0.303 e. The molecule has 0 aromatic heterocycles. The Morgan fingerprint density at radius 1 is 1.03 bits per heavy atom. The Hall–Kier alpha value is -2.67. The van der Waals surface area contributed by atoms with Crippen LogP contribution in [0.4, 0.5) is 0 Å². The summed E-state index contributed by atoms with van der Waals surface area (Å²) in [4.78, 5) is 38.5. The number of carboxylic acids is 1. The minimum atomic E-state index is -0.871. The topological polar surface area (TPSA) is 98.7 Å². The molecule has 0 spiro atoms. The quantitative estimate of drug-likeness (QED) is 0.441. The van der Waals surface area contributed by atoms with Gasteiger partial charge in [0.15, 0.2) is 0 Å². The van der Waals surface area contributed by atoms with Gasteiger partial charge >= 0.3 is 5.97 Å². The molecular weight excluding hydrogens is 394 g/mol. The Morgan fingerprint density at radius 3 is 2.32 bits per heavy atom. The number of carbonyl (C=O) groups excluding carboxylic acids is 2. The van der Waals surface area contributed by atoms with Gasteiger partial charge in [0.05, 0.1) is 0 Å². The van der Waals surface area contributed by atoms with Gasteiger partial charge in [0.25, 0.3) is 5.91 Å². The van der Waals surface area contributed by atoms with Crippen LogP contribution >= 0.6 is 0 Å². The average molecular weight is 432 g/mol. The van der Waals surface area contributed by atoms with Crippen LogP contribution in [-0.4, -0.2) is 59.0 Å². The van der Waals surface area contributed by atoms with Crippen molar-refractivity contribution in [3.8, 4) is 0 Å². The van der Waals surface area contributed by atoms with Crippen LogP contribution in [0.25, 0.3) is 0 Å². The van der Waals surface area contributed by atoms with Gasteiger partial charge in [-0.25, -0.2) is 0 Å². The molecule has 0 aromatic carbocycles. The van der Waals surface area contributed by atoms with Crippen LogP contribution in [0.5, 0.6) is 0 Å². The Balaban J connectivity index is 2.89. The van der Waals surface area contributed by atoms with Gasteiger partial charge < -0.3 is 15.3 Å². The van der Waals surface area contributed by atoms with E-state index in [1.54, 1.807) is 29.2 Å². The van der Waals surface area contributed by atoms with Crippen LogP contribution in [0.15, 0.2) is 48.1 Å². The van der Waals surface area contributed by atoms with E-state index in [-0.39, 0.29) is 30.3 Å². The Morgan fingerprint density at radius 2 is 1.68 bits per heavy atom. The molecule has 3 N–H and O–H groups in total. The van der Waals surface area contributed by atoms with Crippen molar-refractivity contribution in [2.45, 2.75) is 65.0 Å². The van der Waals surface area contributed by atoms with Crippen LogP contribution in [0.1, 0.15) is 53.4 Å². The van der Waals surface area contributed by atoms with Crippen LogP contribution < -0.4 is 10.6 Å². The summed E-state index contributed by atoms with van der Waals surface area (Å²) in [7, 11) is 0. The summed E-state index contributed by atoms with van der Waals surface area (Å²) in [5, 5.41) is 15.1. The number of hydrogen-bond acceptors (Lipinski definition) is 4. The molecule has 1 aliphatic rings. The number of rotatable bonds is 12. The third-order valence-corrected chi connectivity index (χ3v) is 4.54. The van der Waals surface area contributed by atoms with Crippen molar-refractivity contribution >= 4 is 17.8 Å². The first-order valence-electron chi connectivity index (χ1n) is 10.9. The molecule has 0 fully saturated rings. The van der Waals surface area contributed by atoms with E-state index in [0.29, 0.717) is 25.1 Å².